The Morgan fingerprint density at radius 1 is 1.05 bits per heavy atom. The highest BCUT2D eigenvalue weighted by Crippen LogP contribution is 2.34. The molecule has 0 spiro atoms. The van der Waals surface area contributed by atoms with Crippen LogP contribution in [0.4, 0.5) is 0 Å². The van der Waals surface area contributed by atoms with Crippen LogP contribution in [0, 0.1) is 0 Å². The van der Waals surface area contributed by atoms with Crippen molar-refractivity contribution in [3.8, 4) is 11.5 Å². The minimum absolute atomic E-state index is 0.205. The summed E-state index contributed by atoms with van der Waals surface area (Å²) >= 11 is 7.81. The van der Waals surface area contributed by atoms with Crippen LogP contribution in [0.1, 0.15) is 31.0 Å². The average Bonchev–Trinajstić information content (AvgIpc) is 3.18. The number of allylic oxidation sites excluding steroid dienone is 1. The number of thiazole rings is 1. The van der Waals surface area contributed by atoms with Gasteiger partial charge in [0.05, 0.1) is 22.4 Å². The Morgan fingerprint density at radius 2 is 1.78 bits per heavy atom. The number of esters is 1. The zero-order chi connectivity index (χ0) is 25.9. The first kappa shape index (κ1) is 24.7. The van der Waals surface area contributed by atoms with Crippen molar-refractivity contribution in [2.45, 2.75) is 19.9 Å². The maximum absolute atomic E-state index is 13.8. The Morgan fingerprint density at radius 3 is 2.54 bits per heavy atom. The van der Waals surface area contributed by atoms with Crippen LogP contribution in [0.15, 0.2) is 99.9 Å². The number of carbonyl (C=O) groups excluding carboxylic acids is 1. The van der Waals surface area contributed by atoms with E-state index in [9.17, 15) is 9.59 Å². The maximum atomic E-state index is 13.8. The zero-order valence-electron chi connectivity index (χ0n) is 20.2. The van der Waals surface area contributed by atoms with E-state index in [0.29, 0.717) is 36.9 Å². The fraction of sp³-hybridized carbons (Fsp3) is 0.138. The summed E-state index contributed by atoms with van der Waals surface area (Å²) < 4.78 is 13.3. The number of para-hydroxylation sites is 1. The van der Waals surface area contributed by atoms with E-state index < -0.39 is 12.0 Å². The van der Waals surface area contributed by atoms with Gasteiger partial charge in [0.25, 0.3) is 5.56 Å². The van der Waals surface area contributed by atoms with Gasteiger partial charge in [-0.05, 0) is 61.4 Å². The third-order valence-electron chi connectivity index (χ3n) is 5.85. The van der Waals surface area contributed by atoms with Crippen LogP contribution in [0.25, 0.3) is 6.08 Å². The highest BCUT2D eigenvalue weighted by atomic mass is 35.5. The lowest BCUT2D eigenvalue weighted by atomic mass is 9.96. The molecule has 0 bridgehead atoms. The summed E-state index contributed by atoms with van der Waals surface area (Å²) in [5.74, 6) is 0.858. The molecule has 5 rings (SSSR count). The normalized spacial score (nSPS) is 15.2. The first-order chi connectivity index (χ1) is 18.0. The molecule has 0 saturated heterocycles. The van der Waals surface area contributed by atoms with Crippen molar-refractivity contribution in [3.63, 3.8) is 0 Å². The molecule has 0 N–H and O–H groups in total. The van der Waals surface area contributed by atoms with Crippen molar-refractivity contribution in [1.29, 1.82) is 0 Å². The predicted molar refractivity (Wildman–Crippen MR) is 145 cm³/mol. The molecular weight excluding hydrogens is 508 g/mol. The Labute approximate surface area is 222 Å². The second-order valence-corrected chi connectivity index (χ2v) is 9.73. The Kier molecular flexibility index (Phi) is 7.08. The number of halogens is 1. The molecular formula is C29H23ClN2O4S. The van der Waals surface area contributed by atoms with Crippen LogP contribution in [0.2, 0.25) is 5.02 Å². The highest BCUT2D eigenvalue weighted by molar-refractivity contribution is 7.07. The van der Waals surface area contributed by atoms with Crippen molar-refractivity contribution >= 4 is 35.0 Å². The molecule has 0 fully saturated rings. The van der Waals surface area contributed by atoms with E-state index in [-0.39, 0.29) is 12.2 Å². The molecule has 1 aliphatic heterocycles. The van der Waals surface area contributed by atoms with Gasteiger partial charge in [-0.15, -0.1) is 0 Å². The summed E-state index contributed by atoms with van der Waals surface area (Å²) in [6, 6.07) is 23.4. The maximum Gasteiger partial charge on any atom is 0.338 e. The second kappa shape index (κ2) is 10.6. The van der Waals surface area contributed by atoms with Crippen molar-refractivity contribution in [2.24, 2.45) is 4.99 Å². The summed E-state index contributed by atoms with van der Waals surface area (Å²) in [5.41, 5.74) is 1.96. The summed E-state index contributed by atoms with van der Waals surface area (Å²) in [7, 11) is 0. The molecule has 0 radical (unpaired) electrons. The van der Waals surface area contributed by atoms with E-state index in [1.54, 1.807) is 32.1 Å². The molecule has 0 amide bonds. The van der Waals surface area contributed by atoms with Crippen LogP contribution < -0.4 is 19.6 Å². The van der Waals surface area contributed by atoms with Gasteiger partial charge in [0, 0.05) is 5.02 Å². The van der Waals surface area contributed by atoms with Gasteiger partial charge in [-0.25, -0.2) is 9.79 Å². The van der Waals surface area contributed by atoms with Crippen molar-refractivity contribution in [1.82, 2.24) is 4.57 Å². The molecule has 0 aliphatic carbocycles. The Bertz CT molecular complexity index is 1690. The van der Waals surface area contributed by atoms with Gasteiger partial charge in [0.15, 0.2) is 4.80 Å². The van der Waals surface area contributed by atoms with E-state index in [0.717, 1.165) is 11.3 Å². The number of rotatable bonds is 6. The standard InChI is InChI=1S/C29H23ClN2O4S/c1-3-35-28(34)25-18(2)31-29-32(26(25)22-14-7-8-15-23(22)30)27(33)24(37-29)17-19-10-9-13-21(16-19)36-20-11-5-4-6-12-20/h4-17,26H,3H2,1-2H3/b24-17+/t26-/m0/s1. The smallest absolute Gasteiger partial charge is 0.338 e. The molecule has 1 aliphatic rings. The van der Waals surface area contributed by atoms with Gasteiger partial charge in [-0.3, -0.25) is 9.36 Å². The fourth-order valence-corrected chi connectivity index (χ4v) is 5.51. The highest BCUT2D eigenvalue weighted by Gasteiger charge is 2.34. The van der Waals surface area contributed by atoms with Gasteiger partial charge in [0.1, 0.15) is 17.5 Å². The van der Waals surface area contributed by atoms with Crippen molar-refractivity contribution in [2.75, 3.05) is 6.61 Å². The Hall–Kier alpha value is -3.94. The van der Waals surface area contributed by atoms with Gasteiger partial charge in [-0.2, -0.15) is 0 Å². The quantitative estimate of drug-likeness (QED) is 0.319. The monoisotopic (exact) mass is 530 g/mol. The molecule has 2 heterocycles. The number of hydrogen-bond donors (Lipinski definition) is 0. The summed E-state index contributed by atoms with van der Waals surface area (Å²) in [5, 5.41) is 0.448. The number of nitrogens with zero attached hydrogens (tertiary/aromatic N) is 2. The van der Waals surface area contributed by atoms with E-state index in [4.69, 9.17) is 21.1 Å². The molecule has 1 atom stereocenters. The van der Waals surface area contributed by atoms with Gasteiger partial charge in [-0.1, -0.05) is 71.5 Å². The molecule has 0 saturated carbocycles. The number of ether oxygens (including phenoxy) is 2. The number of hydrogen-bond acceptors (Lipinski definition) is 6. The van der Waals surface area contributed by atoms with Crippen LogP contribution in [-0.4, -0.2) is 17.1 Å². The average molecular weight is 531 g/mol. The lowest BCUT2D eigenvalue weighted by molar-refractivity contribution is -0.139. The van der Waals surface area contributed by atoms with E-state index >= 15 is 0 Å². The number of carbonyl (C=O) groups is 1. The second-order valence-electron chi connectivity index (χ2n) is 8.31. The van der Waals surface area contributed by atoms with E-state index in [1.807, 2.05) is 66.7 Å². The molecule has 1 aromatic heterocycles. The zero-order valence-corrected chi connectivity index (χ0v) is 21.8. The molecule has 186 valence electrons. The third kappa shape index (κ3) is 5.01. The third-order valence-corrected chi connectivity index (χ3v) is 7.18. The predicted octanol–water partition coefficient (Wildman–Crippen LogP) is 5.24. The molecule has 3 aromatic carbocycles. The summed E-state index contributed by atoms with van der Waals surface area (Å²) in [6.07, 6.45) is 1.80. The minimum Gasteiger partial charge on any atom is -0.463 e. The largest absolute Gasteiger partial charge is 0.463 e. The van der Waals surface area contributed by atoms with Crippen LogP contribution in [0.5, 0.6) is 11.5 Å². The van der Waals surface area contributed by atoms with Gasteiger partial charge in [0.2, 0.25) is 0 Å². The van der Waals surface area contributed by atoms with E-state index in [1.165, 1.54) is 15.9 Å². The van der Waals surface area contributed by atoms with Crippen LogP contribution in [-0.2, 0) is 9.53 Å². The molecule has 0 unspecified atom stereocenters. The molecule has 4 aromatic rings. The molecule has 37 heavy (non-hydrogen) atoms. The van der Waals surface area contributed by atoms with Crippen LogP contribution >= 0.6 is 22.9 Å². The first-order valence-electron chi connectivity index (χ1n) is 11.7. The fourth-order valence-electron chi connectivity index (χ4n) is 4.23. The number of fused-ring (bicyclic) bond motifs is 1. The van der Waals surface area contributed by atoms with E-state index in [2.05, 4.69) is 4.99 Å². The topological polar surface area (TPSA) is 69.9 Å². The lowest BCUT2D eigenvalue weighted by Crippen LogP contribution is -2.40. The lowest BCUT2D eigenvalue weighted by Gasteiger charge is -2.25. The van der Waals surface area contributed by atoms with Crippen molar-refractivity contribution in [3.05, 3.63) is 126 Å². The number of aromatic nitrogens is 1. The first-order valence-corrected chi connectivity index (χ1v) is 12.9. The number of benzene rings is 3. The van der Waals surface area contributed by atoms with Gasteiger partial charge >= 0.3 is 5.97 Å². The SMILES string of the molecule is CCOC(=O)C1=C(C)N=c2s/c(=C/c3cccc(Oc4ccccc4)c3)c(=O)n2[C@H]1c1ccccc1Cl. The molecule has 8 heteroatoms. The Balaban J connectivity index is 1.63. The van der Waals surface area contributed by atoms with Gasteiger partial charge < -0.3 is 9.47 Å². The minimum atomic E-state index is -0.751. The molecule has 6 nitrogen and oxygen atoms in total. The van der Waals surface area contributed by atoms with Crippen LogP contribution in [0.3, 0.4) is 0 Å². The van der Waals surface area contributed by atoms with Crippen molar-refractivity contribution < 1.29 is 14.3 Å². The summed E-state index contributed by atoms with van der Waals surface area (Å²) in [6.45, 7) is 3.69. The summed E-state index contributed by atoms with van der Waals surface area (Å²) in [4.78, 5) is 31.8.